The molecule has 1 fully saturated rings. The number of rotatable bonds is 1. The molecule has 14 heavy (non-hydrogen) atoms. The van der Waals surface area contributed by atoms with Gasteiger partial charge in [-0.1, -0.05) is 19.1 Å². The predicted octanol–water partition coefficient (Wildman–Crippen LogP) is 3.06. The molecule has 1 heterocycles. The third-order valence-electron chi connectivity index (χ3n) is 2.85. The summed E-state index contributed by atoms with van der Waals surface area (Å²) in [6.45, 7) is 4.21. The lowest BCUT2D eigenvalue weighted by Crippen LogP contribution is -2.34. The molecule has 1 aromatic carbocycles. The minimum absolute atomic E-state index is 0.0957. The fourth-order valence-electron chi connectivity index (χ4n) is 2.12. The minimum Gasteiger partial charge on any atom is -0.369 e. The molecule has 2 heteroatoms. The van der Waals surface area contributed by atoms with E-state index in [0.717, 1.165) is 18.8 Å². The van der Waals surface area contributed by atoms with Crippen molar-refractivity contribution in [2.75, 3.05) is 18.0 Å². The van der Waals surface area contributed by atoms with Crippen molar-refractivity contribution in [1.82, 2.24) is 0 Å². The fraction of sp³-hybridized carbons (Fsp3) is 0.500. The second-order valence-corrected chi connectivity index (χ2v) is 4.14. The van der Waals surface area contributed by atoms with Crippen molar-refractivity contribution in [2.24, 2.45) is 5.92 Å². The molecule has 0 bridgehead atoms. The Kier molecular flexibility index (Phi) is 2.71. The number of halogens is 1. The molecule has 76 valence electrons. The van der Waals surface area contributed by atoms with Gasteiger partial charge in [-0.2, -0.15) is 0 Å². The van der Waals surface area contributed by atoms with Crippen molar-refractivity contribution in [3.8, 4) is 0 Å². The molecular weight excluding hydrogens is 177 g/mol. The topological polar surface area (TPSA) is 3.24 Å². The molecule has 0 saturated carbocycles. The third kappa shape index (κ3) is 1.89. The molecule has 0 spiro atoms. The average Bonchev–Trinajstić information content (AvgIpc) is 2.18. The van der Waals surface area contributed by atoms with Crippen molar-refractivity contribution >= 4 is 5.69 Å². The SMILES string of the molecule is CC1CCCN(c2ccccc2F)C1. The zero-order valence-corrected chi connectivity index (χ0v) is 8.54. The number of anilines is 1. The maximum Gasteiger partial charge on any atom is 0.146 e. The number of piperidine rings is 1. The van der Waals surface area contributed by atoms with Gasteiger partial charge in [-0.05, 0) is 30.9 Å². The Morgan fingerprint density at radius 3 is 2.86 bits per heavy atom. The van der Waals surface area contributed by atoms with Crippen LogP contribution in [0.15, 0.2) is 24.3 Å². The van der Waals surface area contributed by atoms with E-state index >= 15 is 0 Å². The van der Waals surface area contributed by atoms with Gasteiger partial charge in [0, 0.05) is 13.1 Å². The zero-order valence-electron chi connectivity index (χ0n) is 8.54. The lowest BCUT2D eigenvalue weighted by molar-refractivity contribution is 0.442. The van der Waals surface area contributed by atoms with Crippen molar-refractivity contribution in [2.45, 2.75) is 19.8 Å². The lowest BCUT2D eigenvalue weighted by atomic mass is 10.00. The van der Waals surface area contributed by atoms with Crippen LogP contribution in [0.5, 0.6) is 0 Å². The van der Waals surface area contributed by atoms with Crippen molar-refractivity contribution < 1.29 is 4.39 Å². The van der Waals surface area contributed by atoms with E-state index in [1.165, 1.54) is 18.9 Å². The van der Waals surface area contributed by atoms with E-state index in [4.69, 9.17) is 0 Å². The van der Waals surface area contributed by atoms with Crippen LogP contribution in [-0.4, -0.2) is 13.1 Å². The van der Waals surface area contributed by atoms with Crippen LogP contribution in [0, 0.1) is 11.7 Å². The Balaban J connectivity index is 2.18. The molecule has 1 aliphatic heterocycles. The van der Waals surface area contributed by atoms with Gasteiger partial charge in [-0.3, -0.25) is 0 Å². The number of para-hydroxylation sites is 1. The molecule has 0 radical (unpaired) electrons. The zero-order chi connectivity index (χ0) is 9.97. The van der Waals surface area contributed by atoms with Gasteiger partial charge in [0.05, 0.1) is 5.69 Å². The summed E-state index contributed by atoms with van der Waals surface area (Å²) < 4.78 is 13.5. The Morgan fingerprint density at radius 1 is 1.36 bits per heavy atom. The first-order valence-corrected chi connectivity index (χ1v) is 5.27. The summed E-state index contributed by atoms with van der Waals surface area (Å²) >= 11 is 0. The smallest absolute Gasteiger partial charge is 0.146 e. The van der Waals surface area contributed by atoms with Gasteiger partial charge in [0.15, 0.2) is 0 Å². The van der Waals surface area contributed by atoms with E-state index in [1.54, 1.807) is 6.07 Å². The van der Waals surface area contributed by atoms with Gasteiger partial charge in [-0.15, -0.1) is 0 Å². The van der Waals surface area contributed by atoms with Gasteiger partial charge in [0.25, 0.3) is 0 Å². The van der Waals surface area contributed by atoms with Crippen LogP contribution in [0.4, 0.5) is 10.1 Å². The summed E-state index contributed by atoms with van der Waals surface area (Å²) in [4.78, 5) is 2.16. The van der Waals surface area contributed by atoms with E-state index in [-0.39, 0.29) is 5.82 Å². The largest absolute Gasteiger partial charge is 0.369 e. The molecule has 1 atom stereocenters. The summed E-state index contributed by atoms with van der Waals surface area (Å²) in [7, 11) is 0. The highest BCUT2D eigenvalue weighted by atomic mass is 19.1. The van der Waals surface area contributed by atoms with Crippen molar-refractivity contribution in [3.63, 3.8) is 0 Å². The van der Waals surface area contributed by atoms with Crippen LogP contribution in [-0.2, 0) is 0 Å². The highest BCUT2D eigenvalue weighted by Gasteiger charge is 2.18. The first-order chi connectivity index (χ1) is 6.77. The summed E-state index contributed by atoms with van der Waals surface area (Å²) in [5.41, 5.74) is 0.763. The van der Waals surface area contributed by atoms with Gasteiger partial charge in [-0.25, -0.2) is 4.39 Å². The predicted molar refractivity (Wildman–Crippen MR) is 57.0 cm³/mol. The van der Waals surface area contributed by atoms with Crippen LogP contribution >= 0.6 is 0 Å². The Bertz CT molecular complexity index is 311. The first kappa shape index (κ1) is 9.50. The number of hydrogen-bond donors (Lipinski definition) is 0. The van der Waals surface area contributed by atoms with E-state index in [9.17, 15) is 4.39 Å². The molecule has 1 nitrogen and oxygen atoms in total. The van der Waals surface area contributed by atoms with Gasteiger partial charge < -0.3 is 4.90 Å². The molecule has 0 aliphatic carbocycles. The van der Waals surface area contributed by atoms with Crippen LogP contribution in [0.25, 0.3) is 0 Å². The minimum atomic E-state index is -0.0957. The highest BCUT2D eigenvalue weighted by Crippen LogP contribution is 2.24. The first-order valence-electron chi connectivity index (χ1n) is 5.27. The second kappa shape index (κ2) is 3.99. The maximum atomic E-state index is 13.5. The molecule has 1 unspecified atom stereocenters. The van der Waals surface area contributed by atoms with Gasteiger partial charge >= 0.3 is 0 Å². The summed E-state index contributed by atoms with van der Waals surface area (Å²) in [5, 5.41) is 0. The van der Waals surface area contributed by atoms with Crippen molar-refractivity contribution in [3.05, 3.63) is 30.1 Å². The second-order valence-electron chi connectivity index (χ2n) is 4.14. The average molecular weight is 193 g/mol. The van der Waals surface area contributed by atoms with Crippen LogP contribution in [0.2, 0.25) is 0 Å². The maximum absolute atomic E-state index is 13.5. The third-order valence-corrected chi connectivity index (χ3v) is 2.85. The number of nitrogens with zero attached hydrogens (tertiary/aromatic N) is 1. The molecule has 0 N–H and O–H groups in total. The highest BCUT2D eigenvalue weighted by molar-refractivity contribution is 5.47. The molecule has 1 saturated heterocycles. The lowest BCUT2D eigenvalue weighted by Gasteiger charge is -2.32. The Labute approximate surface area is 84.5 Å². The fourth-order valence-corrected chi connectivity index (χ4v) is 2.12. The van der Waals surface area contributed by atoms with Crippen molar-refractivity contribution in [1.29, 1.82) is 0 Å². The summed E-state index contributed by atoms with van der Waals surface area (Å²) in [5.74, 6) is 0.588. The summed E-state index contributed by atoms with van der Waals surface area (Å²) in [6.07, 6.45) is 2.44. The quantitative estimate of drug-likeness (QED) is 0.662. The van der Waals surface area contributed by atoms with E-state index in [0.29, 0.717) is 5.92 Å². The molecule has 0 aromatic heterocycles. The number of hydrogen-bond acceptors (Lipinski definition) is 1. The molecule has 1 aliphatic rings. The van der Waals surface area contributed by atoms with Crippen LogP contribution < -0.4 is 4.90 Å². The van der Waals surface area contributed by atoms with Crippen LogP contribution in [0.3, 0.4) is 0 Å². The molecule has 2 rings (SSSR count). The van der Waals surface area contributed by atoms with Gasteiger partial charge in [0.2, 0.25) is 0 Å². The molecular formula is C12H16FN. The summed E-state index contributed by atoms with van der Waals surface area (Å²) in [6, 6.07) is 7.05. The monoisotopic (exact) mass is 193 g/mol. The van der Waals surface area contributed by atoms with Gasteiger partial charge in [0.1, 0.15) is 5.82 Å². The number of benzene rings is 1. The van der Waals surface area contributed by atoms with Crippen LogP contribution in [0.1, 0.15) is 19.8 Å². The Morgan fingerprint density at radius 2 is 2.14 bits per heavy atom. The molecule has 0 amide bonds. The van der Waals surface area contributed by atoms with E-state index in [2.05, 4.69) is 11.8 Å². The van der Waals surface area contributed by atoms with E-state index in [1.807, 2.05) is 12.1 Å². The normalized spacial score (nSPS) is 22.4. The molecule has 1 aromatic rings. The van der Waals surface area contributed by atoms with E-state index < -0.39 is 0 Å². The standard InChI is InChI=1S/C12H16FN/c1-10-5-4-8-14(9-10)12-7-3-2-6-11(12)13/h2-3,6-7,10H,4-5,8-9H2,1H3. The Hall–Kier alpha value is -1.05.